The molecule has 1 aromatic heterocycles. The smallest absolute Gasteiger partial charge is 0.274 e. The quantitative estimate of drug-likeness (QED) is 0.689. The average molecular weight is 279 g/mol. The molecule has 0 unspecified atom stereocenters. The first-order valence-corrected chi connectivity index (χ1v) is 6.96. The minimum Gasteiger partial charge on any atom is -0.467 e. The molecule has 0 spiro atoms. The third kappa shape index (κ3) is 2.66. The lowest BCUT2D eigenvalue weighted by Crippen LogP contribution is -2.34. The molecule has 1 aliphatic rings. The monoisotopic (exact) mass is 279 g/mol. The fourth-order valence-electron chi connectivity index (χ4n) is 2.11. The highest BCUT2D eigenvalue weighted by Crippen LogP contribution is 2.31. The Bertz CT molecular complexity index is 607. The molecule has 19 heavy (non-hydrogen) atoms. The number of benzene rings is 1. The van der Waals surface area contributed by atoms with Crippen LogP contribution in [-0.4, -0.2) is 29.1 Å². The molecule has 0 radical (unpaired) electrons. The number of nitro groups is 1. The third-order valence-electron chi connectivity index (χ3n) is 3.12. The third-order valence-corrected chi connectivity index (χ3v) is 4.04. The molecule has 1 aliphatic heterocycles. The van der Waals surface area contributed by atoms with Gasteiger partial charge in [-0.2, -0.15) is 0 Å². The van der Waals surface area contributed by atoms with Crippen molar-refractivity contribution in [2.75, 3.05) is 13.1 Å². The van der Waals surface area contributed by atoms with Crippen LogP contribution in [0.3, 0.4) is 0 Å². The molecule has 1 fully saturated rings. The molecule has 2 heterocycles. The summed E-state index contributed by atoms with van der Waals surface area (Å²) in [4.78, 5) is 14.6. The Labute approximate surface area is 113 Å². The van der Waals surface area contributed by atoms with Gasteiger partial charge < -0.3 is 10.1 Å². The zero-order valence-electron chi connectivity index (χ0n) is 10.2. The molecule has 0 atom stereocenters. The molecule has 0 aliphatic carbocycles. The number of aromatic nitrogens is 1. The second-order valence-electron chi connectivity index (χ2n) is 4.46. The summed E-state index contributed by atoms with van der Waals surface area (Å²) in [5, 5.41) is 14.6. The van der Waals surface area contributed by atoms with E-state index >= 15 is 0 Å². The van der Waals surface area contributed by atoms with E-state index in [1.807, 2.05) is 0 Å². The van der Waals surface area contributed by atoms with E-state index in [1.165, 1.54) is 23.5 Å². The van der Waals surface area contributed by atoms with Gasteiger partial charge in [-0.3, -0.25) is 10.1 Å². The van der Waals surface area contributed by atoms with Gasteiger partial charge in [-0.1, -0.05) is 11.3 Å². The van der Waals surface area contributed by atoms with Crippen LogP contribution in [-0.2, 0) is 0 Å². The Morgan fingerprint density at radius 2 is 2.21 bits per heavy atom. The SMILES string of the molecule is O=[N+]([O-])c1ccc2sc(OC3CCNCC3)nc2c1. The first-order valence-electron chi connectivity index (χ1n) is 6.15. The van der Waals surface area contributed by atoms with Crippen LogP contribution in [0.15, 0.2) is 18.2 Å². The van der Waals surface area contributed by atoms with Crippen molar-refractivity contribution in [1.82, 2.24) is 10.3 Å². The molecule has 6 nitrogen and oxygen atoms in total. The van der Waals surface area contributed by atoms with Crippen molar-refractivity contribution >= 4 is 27.2 Å². The van der Waals surface area contributed by atoms with Crippen LogP contribution in [0.25, 0.3) is 10.2 Å². The normalized spacial score (nSPS) is 16.6. The highest BCUT2D eigenvalue weighted by Gasteiger charge is 2.17. The van der Waals surface area contributed by atoms with Crippen molar-refractivity contribution in [3.8, 4) is 5.19 Å². The predicted molar refractivity (Wildman–Crippen MR) is 72.8 cm³/mol. The topological polar surface area (TPSA) is 77.3 Å². The van der Waals surface area contributed by atoms with Crippen LogP contribution in [0.4, 0.5) is 5.69 Å². The number of piperidine rings is 1. The highest BCUT2D eigenvalue weighted by atomic mass is 32.1. The summed E-state index contributed by atoms with van der Waals surface area (Å²) in [5.74, 6) is 0. The van der Waals surface area contributed by atoms with Crippen molar-refractivity contribution < 1.29 is 9.66 Å². The molecule has 0 amide bonds. The molecule has 1 aromatic carbocycles. The Kier molecular flexibility index (Phi) is 3.31. The van der Waals surface area contributed by atoms with Crippen LogP contribution in [0.2, 0.25) is 0 Å². The number of thiazole rings is 1. The number of nitrogens with zero attached hydrogens (tertiary/aromatic N) is 2. The van der Waals surface area contributed by atoms with Crippen molar-refractivity contribution in [3.63, 3.8) is 0 Å². The number of nitrogens with one attached hydrogen (secondary N) is 1. The molecule has 1 N–H and O–H groups in total. The molecule has 0 saturated carbocycles. The molecule has 7 heteroatoms. The van der Waals surface area contributed by atoms with Gasteiger partial charge >= 0.3 is 0 Å². The number of nitro benzene ring substituents is 1. The highest BCUT2D eigenvalue weighted by molar-refractivity contribution is 7.20. The minimum absolute atomic E-state index is 0.0613. The van der Waals surface area contributed by atoms with E-state index in [0.717, 1.165) is 30.6 Å². The Balaban J connectivity index is 1.82. The standard InChI is InChI=1S/C12H13N3O3S/c16-15(17)8-1-2-11-10(7-8)14-12(19-11)18-9-3-5-13-6-4-9/h1-2,7,9,13H,3-6H2. The van der Waals surface area contributed by atoms with Gasteiger partial charge in [0.1, 0.15) is 6.10 Å². The van der Waals surface area contributed by atoms with Crippen molar-refractivity contribution in [3.05, 3.63) is 28.3 Å². The van der Waals surface area contributed by atoms with Gasteiger partial charge in [0.2, 0.25) is 0 Å². The van der Waals surface area contributed by atoms with Crippen molar-refractivity contribution in [1.29, 1.82) is 0 Å². The summed E-state index contributed by atoms with van der Waals surface area (Å²) in [6, 6.07) is 4.70. The lowest BCUT2D eigenvalue weighted by atomic mass is 10.1. The summed E-state index contributed by atoms with van der Waals surface area (Å²) < 4.78 is 6.75. The van der Waals surface area contributed by atoms with Gasteiger partial charge in [0.05, 0.1) is 15.1 Å². The summed E-state index contributed by atoms with van der Waals surface area (Å²) in [7, 11) is 0. The number of rotatable bonds is 3. The van der Waals surface area contributed by atoms with E-state index in [-0.39, 0.29) is 11.8 Å². The van der Waals surface area contributed by atoms with Gasteiger partial charge in [0.15, 0.2) is 0 Å². The average Bonchev–Trinajstić information content (AvgIpc) is 2.80. The molecule has 2 aromatic rings. The zero-order valence-corrected chi connectivity index (χ0v) is 11.0. The molecule has 100 valence electrons. The maximum absolute atomic E-state index is 10.7. The fraction of sp³-hybridized carbons (Fsp3) is 0.417. The number of non-ortho nitro benzene ring substituents is 1. The summed E-state index contributed by atoms with van der Waals surface area (Å²) in [6.07, 6.45) is 2.13. The van der Waals surface area contributed by atoms with Crippen LogP contribution in [0, 0.1) is 10.1 Å². The molecule has 0 bridgehead atoms. The van der Waals surface area contributed by atoms with Crippen LogP contribution in [0.1, 0.15) is 12.8 Å². The van der Waals surface area contributed by atoms with E-state index in [1.54, 1.807) is 6.07 Å². The number of ether oxygens (including phenoxy) is 1. The molecular weight excluding hydrogens is 266 g/mol. The predicted octanol–water partition coefficient (Wildman–Crippen LogP) is 2.34. The van der Waals surface area contributed by atoms with Crippen molar-refractivity contribution in [2.24, 2.45) is 0 Å². The van der Waals surface area contributed by atoms with Crippen LogP contribution in [0.5, 0.6) is 5.19 Å². The lowest BCUT2D eigenvalue weighted by Gasteiger charge is -2.22. The maximum atomic E-state index is 10.7. The van der Waals surface area contributed by atoms with Crippen LogP contribution >= 0.6 is 11.3 Å². The Hall–Kier alpha value is -1.73. The van der Waals surface area contributed by atoms with Gasteiger partial charge in [-0.15, -0.1) is 0 Å². The summed E-state index contributed by atoms with van der Waals surface area (Å²) >= 11 is 1.44. The van der Waals surface area contributed by atoms with E-state index in [0.29, 0.717) is 10.7 Å². The van der Waals surface area contributed by atoms with E-state index in [4.69, 9.17) is 4.74 Å². The fourth-order valence-corrected chi connectivity index (χ4v) is 2.98. The van der Waals surface area contributed by atoms with Crippen LogP contribution < -0.4 is 10.1 Å². The van der Waals surface area contributed by atoms with Gasteiger partial charge in [0, 0.05) is 12.1 Å². The second-order valence-corrected chi connectivity index (χ2v) is 5.45. The van der Waals surface area contributed by atoms with E-state index < -0.39 is 4.92 Å². The molecular formula is C12H13N3O3S. The van der Waals surface area contributed by atoms with Gasteiger partial charge in [-0.25, -0.2) is 4.98 Å². The van der Waals surface area contributed by atoms with E-state index in [2.05, 4.69) is 10.3 Å². The Morgan fingerprint density at radius 3 is 2.95 bits per heavy atom. The summed E-state index contributed by atoms with van der Waals surface area (Å²) in [5.41, 5.74) is 0.689. The number of fused-ring (bicyclic) bond motifs is 1. The molecule has 3 rings (SSSR count). The Morgan fingerprint density at radius 1 is 1.42 bits per heavy atom. The van der Waals surface area contributed by atoms with Gasteiger partial charge in [0.25, 0.3) is 10.9 Å². The van der Waals surface area contributed by atoms with E-state index in [9.17, 15) is 10.1 Å². The largest absolute Gasteiger partial charge is 0.467 e. The number of hydrogen-bond donors (Lipinski definition) is 1. The first-order chi connectivity index (χ1) is 9.22. The molecule has 1 saturated heterocycles. The van der Waals surface area contributed by atoms with Gasteiger partial charge in [-0.05, 0) is 32.0 Å². The zero-order chi connectivity index (χ0) is 13.2. The summed E-state index contributed by atoms with van der Waals surface area (Å²) in [6.45, 7) is 1.92. The van der Waals surface area contributed by atoms with Crippen molar-refractivity contribution in [2.45, 2.75) is 18.9 Å². The number of hydrogen-bond acceptors (Lipinski definition) is 6. The minimum atomic E-state index is -0.411. The second kappa shape index (κ2) is 5.10. The lowest BCUT2D eigenvalue weighted by molar-refractivity contribution is -0.384. The maximum Gasteiger partial charge on any atom is 0.274 e. The first kappa shape index (κ1) is 12.3.